The number of amides is 1. The van der Waals surface area contributed by atoms with E-state index in [1.807, 2.05) is 12.1 Å². The van der Waals surface area contributed by atoms with Crippen molar-refractivity contribution in [2.45, 2.75) is 26.7 Å². The fourth-order valence-electron chi connectivity index (χ4n) is 2.40. The SMILES string of the molecule is CCc1ccc(NC(=O)CN2CCC(C)C2)cc1. The van der Waals surface area contributed by atoms with Gasteiger partial charge in [0.05, 0.1) is 6.54 Å². The zero-order chi connectivity index (χ0) is 13.0. The summed E-state index contributed by atoms with van der Waals surface area (Å²) in [6, 6.07) is 8.08. The highest BCUT2D eigenvalue weighted by atomic mass is 16.2. The lowest BCUT2D eigenvalue weighted by Gasteiger charge is -2.14. The molecule has 3 heteroatoms. The Hall–Kier alpha value is -1.35. The van der Waals surface area contributed by atoms with Gasteiger partial charge in [0.1, 0.15) is 0 Å². The summed E-state index contributed by atoms with van der Waals surface area (Å²) in [6.07, 6.45) is 2.23. The summed E-state index contributed by atoms with van der Waals surface area (Å²) in [4.78, 5) is 14.1. The molecule has 0 spiro atoms. The number of carbonyl (C=O) groups is 1. The number of hydrogen-bond acceptors (Lipinski definition) is 2. The molecule has 3 nitrogen and oxygen atoms in total. The lowest BCUT2D eigenvalue weighted by Crippen LogP contribution is -2.31. The minimum atomic E-state index is 0.0911. The van der Waals surface area contributed by atoms with E-state index >= 15 is 0 Å². The van der Waals surface area contributed by atoms with Crippen molar-refractivity contribution in [3.63, 3.8) is 0 Å². The number of aryl methyl sites for hydroxylation is 1. The number of rotatable bonds is 4. The van der Waals surface area contributed by atoms with E-state index in [1.165, 1.54) is 12.0 Å². The van der Waals surface area contributed by atoms with Crippen molar-refractivity contribution in [2.75, 3.05) is 25.0 Å². The van der Waals surface area contributed by atoms with Gasteiger partial charge in [0.25, 0.3) is 0 Å². The third kappa shape index (κ3) is 3.57. The van der Waals surface area contributed by atoms with Gasteiger partial charge in [-0.2, -0.15) is 0 Å². The van der Waals surface area contributed by atoms with E-state index in [0.717, 1.165) is 31.1 Å². The molecule has 2 rings (SSSR count). The Balaban J connectivity index is 1.83. The monoisotopic (exact) mass is 246 g/mol. The minimum absolute atomic E-state index is 0.0911. The number of hydrogen-bond donors (Lipinski definition) is 1. The van der Waals surface area contributed by atoms with Crippen molar-refractivity contribution in [2.24, 2.45) is 5.92 Å². The Bertz CT molecular complexity index is 399. The molecule has 1 N–H and O–H groups in total. The maximum atomic E-state index is 11.9. The van der Waals surface area contributed by atoms with Gasteiger partial charge >= 0.3 is 0 Å². The van der Waals surface area contributed by atoms with Crippen LogP contribution in [0.15, 0.2) is 24.3 Å². The molecular formula is C15H22N2O. The van der Waals surface area contributed by atoms with Crippen LogP contribution in [0.5, 0.6) is 0 Å². The van der Waals surface area contributed by atoms with E-state index in [-0.39, 0.29) is 5.91 Å². The van der Waals surface area contributed by atoms with Gasteiger partial charge in [-0.05, 0) is 43.0 Å². The standard InChI is InChI=1S/C15H22N2O/c1-3-13-4-6-14(7-5-13)16-15(18)11-17-9-8-12(2)10-17/h4-7,12H,3,8-11H2,1-2H3,(H,16,18). The quantitative estimate of drug-likeness (QED) is 0.885. The van der Waals surface area contributed by atoms with Gasteiger partial charge in [-0.25, -0.2) is 0 Å². The van der Waals surface area contributed by atoms with Crippen LogP contribution in [0.2, 0.25) is 0 Å². The minimum Gasteiger partial charge on any atom is -0.325 e. The van der Waals surface area contributed by atoms with Crippen LogP contribution in [0, 0.1) is 5.92 Å². The predicted molar refractivity (Wildman–Crippen MR) is 74.7 cm³/mol. The van der Waals surface area contributed by atoms with Crippen molar-refractivity contribution in [1.29, 1.82) is 0 Å². The Kier molecular flexibility index (Phi) is 4.37. The van der Waals surface area contributed by atoms with Crippen molar-refractivity contribution in [3.05, 3.63) is 29.8 Å². The van der Waals surface area contributed by atoms with Gasteiger partial charge in [-0.3, -0.25) is 9.69 Å². The first-order valence-corrected chi connectivity index (χ1v) is 6.78. The zero-order valence-corrected chi connectivity index (χ0v) is 11.3. The highest BCUT2D eigenvalue weighted by Crippen LogP contribution is 2.15. The number of benzene rings is 1. The predicted octanol–water partition coefficient (Wildman–Crippen LogP) is 2.53. The molecule has 0 aromatic heterocycles. The maximum Gasteiger partial charge on any atom is 0.238 e. The topological polar surface area (TPSA) is 32.3 Å². The number of anilines is 1. The van der Waals surface area contributed by atoms with Crippen molar-refractivity contribution >= 4 is 11.6 Å². The summed E-state index contributed by atoms with van der Waals surface area (Å²) in [5.41, 5.74) is 2.19. The second-order valence-electron chi connectivity index (χ2n) is 5.23. The van der Waals surface area contributed by atoms with E-state index in [1.54, 1.807) is 0 Å². The molecule has 0 radical (unpaired) electrons. The van der Waals surface area contributed by atoms with Crippen LogP contribution in [0.4, 0.5) is 5.69 Å². The van der Waals surface area contributed by atoms with Crippen LogP contribution in [-0.4, -0.2) is 30.4 Å². The average molecular weight is 246 g/mol. The third-order valence-corrected chi connectivity index (χ3v) is 3.52. The van der Waals surface area contributed by atoms with Crippen molar-refractivity contribution < 1.29 is 4.79 Å². The molecule has 1 aromatic carbocycles. The van der Waals surface area contributed by atoms with Gasteiger partial charge < -0.3 is 5.32 Å². The lowest BCUT2D eigenvalue weighted by molar-refractivity contribution is -0.117. The summed E-state index contributed by atoms with van der Waals surface area (Å²) < 4.78 is 0. The molecule has 1 aliphatic rings. The maximum absolute atomic E-state index is 11.9. The first kappa shape index (κ1) is 13.1. The van der Waals surface area contributed by atoms with Gasteiger partial charge in [0, 0.05) is 12.2 Å². The fourth-order valence-corrected chi connectivity index (χ4v) is 2.40. The van der Waals surface area contributed by atoms with E-state index in [0.29, 0.717) is 6.54 Å². The molecule has 1 amide bonds. The zero-order valence-electron chi connectivity index (χ0n) is 11.3. The number of carbonyl (C=O) groups excluding carboxylic acids is 1. The Morgan fingerprint density at radius 1 is 1.39 bits per heavy atom. The molecular weight excluding hydrogens is 224 g/mol. The first-order valence-electron chi connectivity index (χ1n) is 6.78. The average Bonchev–Trinajstić information content (AvgIpc) is 2.75. The number of nitrogens with one attached hydrogen (secondary N) is 1. The second kappa shape index (κ2) is 6.01. The molecule has 1 aromatic rings. The van der Waals surface area contributed by atoms with Crippen molar-refractivity contribution in [3.8, 4) is 0 Å². The highest BCUT2D eigenvalue weighted by Gasteiger charge is 2.20. The summed E-state index contributed by atoms with van der Waals surface area (Å²) in [5.74, 6) is 0.815. The molecule has 1 unspecified atom stereocenters. The highest BCUT2D eigenvalue weighted by molar-refractivity contribution is 5.92. The van der Waals surface area contributed by atoms with Crippen molar-refractivity contribution in [1.82, 2.24) is 4.90 Å². The molecule has 1 fully saturated rings. The molecule has 0 saturated carbocycles. The first-order chi connectivity index (χ1) is 8.67. The summed E-state index contributed by atoms with van der Waals surface area (Å²) in [5, 5.41) is 2.95. The molecule has 18 heavy (non-hydrogen) atoms. The summed E-state index contributed by atoms with van der Waals surface area (Å²) in [7, 11) is 0. The molecule has 0 bridgehead atoms. The van der Waals surface area contributed by atoms with Gasteiger partial charge in [-0.1, -0.05) is 26.0 Å². The Labute approximate surface area is 109 Å². The molecule has 1 aliphatic heterocycles. The lowest BCUT2D eigenvalue weighted by atomic mass is 10.1. The van der Waals surface area contributed by atoms with Gasteiger partial charge in [0.2, 0.25) is 5.91 Å². The van der Waals surface area contributed by atoms with Crippen LogP contribution in [0.25, 0.3) is 0 Å². The van der Waals surface area contributed by atoms with Crippen LogP contribution in [0.1, 0.15) is 25.8 Å². The summed E-state index contributed by atoms with van der Waals surface area (Å²) >= 11 is 0. The van der Waals surface area contributed by atoms with E-state index in [9.17, 15) is 4.79 Å². The molecule has 0 aliphatic carbocycles. The fraction of sp³-hybridized carbons (Fsp3) is 0.533. The molecule has 98 valence electrons. The van der Waals surface area contributed by atoms with Gasteiger partial charge in [-0.15, -0.1) is 0 Å². The normalized spacial score (nSPS) is 20.0. The van der Waals surface area contributed by atoms with Crippen LogP contribution < -0.4 is 5.32 Å². The smallest absolute Gasteiger partial charge is 0.238 e. The number of nitrogens with zero attached hydrogens (tertiary/aromatic N) is 1. The van der Waals surface area contributed by atoms with Crippen LogP contribution in [-0.2, 0) is 11.2 Å². The summed E-state index contributed by atoms with van der Waals surface area (Å²) in [6.45, 7) is 6.97. The van der Waals surface area contributed by atoms with E-state index < -0.39 is 0 Å². The van der Waals surface area contributed by atoms with E-state index in [4.69, 9.17) is 0 Å². The Morgan fingerprint density at radius 3 is 2.67 bits per heavy atom. The Morgan fingerprint density at radius 2 is 2.11 bits per heavy atom. The number of likely N-dealkylation sites (tertiary alicyclic amines) is 1. The third-order valence-electron chi connectivity index (χ3n) is 3.52. The molecule has 1 saturated heterocycles. The van der Waals surface area contributed by atoms with Crippen LogP contribution in [0.3, 0.4) is 0 Å². The molecule has 1 heterocycles. The largest absolute Gasteiger partial charge is 0.325 e. The van der Waals surface area contributed by atoms with Gasteiger partial charge in [0.15, 0.2) is 0 Å². The molecule has 1 atom stereocenters. The van der Waals surface area contributed by atoms with Crippen LogP contribution >= 0.6 is 0 Å². The second-order valence-corrected chi connectivity index (χ2v) is 5.23. The van der Waals surface area contributed by atoms with E-state index in [2.05, 4.69) is 36.2 Å².